The average Bonchev–Trinajstić information content (AvgIpc) is 3.33. The lowest BCUT2D eigenvalue weighted by Crippen LogP contribution is -2.47. The molecule has 0 radical (unpaired) electrons. The van der Waals surface area contributed by atoms with Crippen LogP contribution in [-0.2, 0) is 16.1 Å². The first-order chi connectivity index (χ1) is 15.6. The summed E-state index contributed by atoms with van der Waals surface area (Å²) < 4.78 is 5.78. The van der Waals surface area contributed by atoms with Crippen molar-refractivity contribution in [3.8, 4) is 5.75 Å². The summed E-state index contributed by atoms with van der Waals surface area (Å²) in [6.07, 6.45) is 7.49. The van der Waals surface area contributed by atoms with Crippen molar-refractivity contribution >= 4 is 34.8 Å². The van der Waals surface area contributed by atoms with Gasteiger partial charge in [0.25, 0.3) is 0 Å². The molecule has 5 nitrogen and oxygen atoms in total. The third-order valence-electron chi connectivity index (χ3n) is 5.81. The Kier molecular flexibility index (Phi) is 9.88. The van der Waals surface area contributed by atoms with Crippen LogP contribution in [0.4, 0.5) is 0 Å². The van der Waals surface area contributed by atoms with Crippen LogP contribution >= 0.6 is 22.9 Å². The number of nitrogens with one attached hydrogen (secondary N) is 1. The molecule has 1 aromatic carbocycles. The lowest BCUT2D eigenvalue weighted by atomic mass is 9.94. The highest BCUT2D eigenvalue weighted by atomic mass is 35.5. The van der Waals surface area contributed by atoms with Crippen LogP contribution in [0, 0.1) is 0 Å². The second-order valence-corrected chi connectivity index (χ2v) is 9.55. The number of ether oxygens (including phenoxy) is 1. The Morgan fingerprint density at radius 2 is 1.94 bits per heavy atom. The van der Waals surface area contributed by atoms with Crippen LogP contribution in [0.25, 0.3) is 0 Å². The Morgan fingerprint density at radius 1 is 1.19 bits per heavy atom. The van der Waals surface area contributed by atoms with Gasteiger partial charge in [-0.05, 0) is 48.4 Å². The van der Waals surface area contributed by atoms with Crippen LogP contribution in [0.3, 0.4) is 0 Å². The van der Waals surface area contributed by atoms with E-state index >= 15 is 0 Å². The molecule has 0 saturated heterocycles. The summed E-state index contributed by atoms with van der Waals surface area (Å²) in [6, 6.07) is 10.9. The Hall–Kier alpha value is -2.05. The maximum atomic E-state index is 13.5. The van der Waals surface area contributed by atoms with E-state index in [2.05, 4.69) is 12.2 Å². The molecule has 174 valence electrons. The number of hydrogen-bond acceptors (Lipinski definition) is 4. The highest BCUT2D eigenvalue weighted by molar-refractivity contribution is 7.09. The summed E-state index contributed by atoms with van der Waals surface area (Å²) in [4.78, 5) is 29.0. The van der Waals surface area contributed by atoms with Gasteiger partial charge in [0.1, 0.15) is 17.7 Å². The number of benzene rings is 1. The molecule has 7 heteroatoms. The van der Waals surface area contributed by atoms with Crippen molar-refractivity contribution < 1.29 is 14.3 Å². The smallest absolute Gasteiger partial charge is 0.247 e. The Morgan fingerprint density at radius 3 is 2.56 bits per heavy atom. The first-order valence-corrected chi connectivity index (χ1v) is 12.9. The standard InChI is InChI=1S/C25H33ClN2O3S/c1-2-3-15-31-21-13-11-19(12-14-21)24(25(30)27-20-8-5-4-6-9-20)28(23(29)17-26)18-22-10-7-16-32-22/h7,10-14,16,20,24H,2-6,8-9,15,17-18H2,1H3,(H,27,30). The van der Waals surface area contributed by atoms with Crippen molar-refractivity contribution in [2.24, 2.45) is 0 Å². The summed E-state index contributed by atoms with van der Waals surface area (Å²) in [7, 11) is 0. The van der Waals surface area contributed by atoms with E-state index in [9.17, 15) is 9.59 Å². The zero-order valence-corrected chi connectivity index (χ0v) is 20.3. The predicted molar refractivity (Wildman–Crippen MR) is 130 cm³/mol. The molecule has 2 aromatic rings. The summed E-state index contributed by atoms with van der Waals surface area (Å²) in [5.41, 5.74) is 0.760. The van der Waals surface area contributed by atoms with E-state index in [-0.39, 0.29) is 23.7 Å². The summed E-state index contributed by atoms with van der Waals surface area (Å²) in [6.45, 7) is 3.13. The lowest BCUT2D eigenvalue weighted by molar-refractivity contribution is -0.140. The van der Waals surface area contributed by atoms with Crippen molar-refractivity contribution in [1.82, 2.24) is 10.2 Å². The summed E-state index contributed by atoms with van der Waals surface area (Å²) in [5.74, 6) is 0.192. The lowest BCUT2D eigenvalue weighted by Gasteiger charge is -2.33. The fourth-order valence-electron chi connectivity index (χ4n) is 4.05. The van der Waals surface area contributed by atoms with Gasteiger partial charge in [-0.1, -0.05) is 50.8 Å². The Labute approximate surface area is 200 Å². The van der Waals surface area contributed by atoms with Gasteiger partial charge in [0.05, 0.1) is 13.2 Å². The molecule has 1 saturated carbocycles. The van der Waals surface area contributed by atoms with Crippen LogP contribution < -0.4 is 10.1 Å². The normalized spacial score (nSPS) is 15.2. The van der Waals surface area contributed by atoms with E-state index in [1.807, 2.05) is 41.8 Å². The second-order valence-electron chi connectivity index (χ2n) is 8.25. The van der Waals surface area contributed by atoms with Crippen molar-refractivity contribution in [2.45, 2.75) is 70.5 Å². The maximum Gasteiger partial charge on any atom is 0.247 e. The van der Waals surface area contributed by atoms with Gasteiger partial charge in [-0.3, -0.25) is 9.59 Å². The predicted octanol–water partition coefficient (Wildman–Crippen LogP) is 5.68. The molecule has 1 aliphatic carbocycles. The van der Waals surface area contributed by atoms with Crippen LogP contribution in [0.15, 0.2) is 41.8 Å². The van der Waals surface area contributed by atoms with Crippen molar-refractivity contribution in [3.63, 3.8) is 0 Å². The highest BCUT2D eigenvalue weighted by Gasteiger charge is 2.32. The fraction of sp³-hybridized carbons (Fsp3) is 0.520. The number of alkyl halides is 1. The number of carbonyl (C=O) groups excluding carboxylic acids is 2. The topological polar surface area (TPSA) is 58.6 Å². The van der Waals surface area contributed by atoms with Crippen molar-refractivity contribution in [3.05, 3.63) is 52.2 Å². The largest absolute Gasteiger partial charge is 0.494 e. The van der Waals surface area contributed by atoms with Gasteiger partial charge in [0.15, 0.2) is 0 Å². The van der Waals surface area contributed by atoms with Crippen LogP contribution in [-0.4, -0.2) is 35.2 Å². The van der Waals surface area contributed by atoms with E-state index in [4.69, 9.17) is 16.3 Å². The first-order valence-electron chi connectivity index (χ1n) is 11.5. The highest BCUT2D eigenvalue weighted by Crippen LogP contribution is 2.28. The minimum absolute atomic E-state index is 0.147. The third-order valence-corrected chi connectivity index (χ3v) is 6.90. The molecule has 32 heavy (non-hydrogen) atoms. The minimum atomic E-state index is -0.741. The molecule has 1 aliphatic rings. The fourth-order valence-corrected chi connectivity index (χ4v) is 4.91. The second kappa shape index (κ2) is 12.9. The van der Waals surface area contributed by atoms with E-state index in [1.54, 1.807) is 16.2 Å². The number of amides is 2. The zero-order valence-electron chi connectivity index (χ0n) is 18.7. The maximum absolute atomic E-state index is 13.5. The molecule has 1 atom stereocenters. The number of nitrogens with zero attached hydrogens (tertiary/aromatic N) is 1. The monoisotopic (exact) mass is 476 g/mol. The van der Waals surface area contributed by atoms with E-state index in [1.165, 1.54) is 6.42 Å². The minimum Gasteiger partial charge on any atom is -0.494 e. The number of unbranched alkanes of at least 4 members (excludes halogenated alkanes) is 1. The summed E-state index contributed by atoms with van der Waals surface area (Å²) >= 11 is 7.54. The van der Waals surface area contributed by atoms with E-state index < -0.39 is 6.04 Å². The molecule has 0 bridgehead atoms. The number of carbonyl (C=O) groups is 2. The van der Waals surface area contributed by atoms with E-state index in [0.29, 0.717) is 13.2 Å². The molecular weight excluding hydrogens is 444 g/mol. The van der Waals surface area contributed by atoms with Gasteiger partial charge in [-0.2, -0.15) is 0 Å². The van der Waals surface area contributed by atoms with Crippen LogP contribution in [0.1, 0.15) is 68.4 Å². The number of hydrogen-bond donors (Lipinski definition) is 1. The van der Waals surface area contributed by atoms with Gasteiger partial charge in [-0.25, -0.2) is 0 Å². The van der Waals surface area contributed by atoms with Gasteiger partial charge in [0.2, 0.25) is 11.8 Å². The molecule has 1 unspecified atom stereocenters. The van der Waals surface area contributed by atoms with Crippen LogP contribution in [0.5, 0.6) is 5.75 Å². The molecular formula is C25H33ClN2O3S. The Balaban J connectivity index is 1.86. The number of halogens is 1. The first kappa shape index (κ1) is 24.6. The quantitative estimate of drug-likeness (QED) is 0.335. The van der Waals surface area contributed by atoms with Gasteiger partial charge >= 0.3 is 0 Å². The van der Waals surface area contributed by atoms with E-state index in [0.717, 1.165) is 54.7 Å². The third kappa shape index (κ3) is 6.97. The van der Waals surface area contributed by atoms with Crippen molar-refractivity contribution in [1.29, 1.82) is 0 Å². The van der Waals surface area contributed by atoms with Crippen molar-refractivity contribution in [2.75, 3.05) is 12.5 Å². The van der Waals surface area contributed by atoms with Gasteiger partial charge in [0, 0.05) is 10.9 Å². The SMILES string of the molecule is CCCCOc1ccc(C(C(=O)NC2CCCCC2)N(Cc2cccs2)C(=O)CCl)cc1. The van der Waals surface area contributed by atoms with Crippen LogP contribution in [0.2, 0.25) is 0 Å². The number of rotatable bonds is 11. The number of thiophene rings is 1. The average molecular weight is 477 g/mol. The van der Waals surface area contributed by atoms with Gasteiger partial charge < -0.3 is 15.0 Å². The zero-order chi connectivity index (χ0) is 22.8. The summed E-state index contributed by atoms with van der Waals surface area (Å²) in [5, 5.41) is 5.18. The molecule has 3 rings (SSSR count). The molecule has 1 N–H and O–H groups in total. The molecule has 1 aromatic heterocycles. The Bertz CT molecular complexity index is 835. The molecule has 1 fully saturated rings. The molecule has 0 spiro atoms. The molecule has 0 aliphatic heterocycles. The molecule has 2 amide bonds. The molecule has 1 heterocycles. The van der Waals surface area contributed by atoms with Gasteiger partial charge in [-0.15, -0.1) is 22.9 Å².